The fourth-order valence-corrected chi connectivity index (χ4v) is 2.04. The van der Waals surface area contributed by atoms with Gasteiger partial charge in [0, 0.05) is 11.1 Å². The van der Waals surface area contributed by atoms with Gasteiger partial charge in [0.05, 0.1) is 10.5 Å². The Balaban J connectivity index is 2.48. The summed E-state index contributed by atoms with van der Waals surface area (Å²) < 4.78 is 27.7. The third kappa shape index (κ3) is 2.37. The highest BCUT2D eigenvalue weighted by molar-refractivity contribution is 9.10. The van der Waals surface area contributed by atoms with Gasteiger partial charge in [0.2, 0.25) is 0 Å². The molecule has 2 rings (SSSR count). The standard InChI is InChI=1S/C13H10BrF2N/c14-10-6-3-5-9(12(10)16)13(17)8-4-1-2-7-11(8)15/h1-7,13H,17H2. The first-order chi connectivity index (χ1) is 8.11. The summed E-state index contributed by atoms with van der Waals surface area (Å²) in [6.07, 6.45) is 0. The van der Waals surface area contributed by atoms with E-state index in [-0.39, 0.29) is 11.1 Å². The van der Waals surface area contributed by atoms with Gasteiger partial charge in [-0.15, -0.1) is 0 Å². The number of nitrogens with two attached hydrogens (primary N) is 1. The Kier molecular flexibility index (Phi) is 3.54. The van der Waals surface area contributed by atoms with Crippen molar-refractivity contribution in [3.8, 4) is 0 Å². The van der Waals surface area contributed by atoms with E-state index in [0.29, 0.717) is 4.47 Å². The van der Waals surface area contributed by atoms with Gasteiger partial charge in [-0.2, -0.15) is 0 Å². The van der Waals surface area contributed by atoms with E-state index < -0.39 is 17.7 Å². The normalized spacial score (nSPS) is 12.5. The smallest absolute Gasteiger partial charge is 0.142 e. The number of benzene rings is 2. The Morgan fingerprint density at radius 3 is 2.29 bits per heavy atom. The van der Waals surface area contributed by atoms with Gasteiger partial charge in [-0.25, -0.2) is 8.78 Å². The Bertz CT molecular complexity index is 543. The highest BCUT2D eigenvalue weighted by atomic mass is 79.9. The summed E-state index contributed by atoms with van der Waals surface area (Å²) in [7, 11) is 0. The molecule has 4 heteroatoms. The maximum Gasteiger partial charge on any atom is 0.142 e. The van der Waals surface area contributed by atoms with Gasteiger partial charge in [0.1, 0.15) is 11.6 Å². The monoisotopic (exact) mass is 297 g/mol. The lowest BCUT2D eigenvalue weighted by molar-refractivity contribution is 0.572. The van der Waals surface area contributed by atoms with Crippen LogP contribution in [0.1, 0.15) is 17.2 Å². The van der Waals surface area contributed by atoms with Crippen molar-refractivity contribution in [1.29, 1.82) is 0 Å². The van der Waals surface area contributed by atoms with Crippen LogP contribution in [0.4, 0.5) is 8.78 Å². The first-order valence-corrected chi connectivity index (χ1v) is 5.84. The van der Waals surface area contributed by atoms with Gasteiger partial charge < -0.3 is 5.73 Å². The van der Waals surface area contributed by atoms with Crippen LogP contribution >= 0.6 is 15.9 Å². The summed E-state index contributed by atoms with van der Waals surface area (Å²) in [6.45, 7) is 0. The Hall–Kier alpha value is -1.26. The summed E-state index contributed by atoms with van der Waals surface area (Å²) in [6, 6.07) is 10.1. The molecule has 0 saturated heterocycles. The molecule has 0 fully saturated rings. The fraction of sp³-hybridized carbons (Fsp3) is 0.0769. The maximum absolute atomic E-state index is 13.8. The van der Waals surface area contributed by atoms with E-state index in [1.807, 2.05) is 0 Å². The topological polar surface area (TPSA) is 26.0 Å². The van der Waals surface area contributed by atoms with Crippen molar-refractivity contribution in [2.45, 2.75) is 6.04 Å². The summed E-state index contributed by atoms with van der Waals surface area (Å²) in [5.41, 5.74) is 6.44. The third-order valence-electron chi connectivity index (χ3n) is 2.56. The highest BCUT2D eigenvalue weighted by Gasteiger charge is 2.17. The van der Waals surface area contributed by atoms with E-state index in [1.54, 1.807) is 36.4 Å². The second kappa shape index (κ2) is 4.94. The van der Waals surface area contributed by atoms with E-state index in [0.717, 1.165) is 0 Å². The molecule has 1 atom stereocenters. The minimum absolute atomic E-state index is 0.268. The molecule has 2 aromatic rings. The minimum atomic E-state index is -0.811. The molecule has 0 bridgehead atoms. The van der Waals surface area contributed by atoms with Crippen molar-refractivity contribution in [1.82, 2.24) is 0 Å². The molecule has 2 N–H and O–H groups in total. The zero-order valence-electron chi connectivity index (χ0n) is 8.83. The molecular formula is C13H10BrF2N. The molecule has 0 amide bonds. The van der Waals surface area contributed by atoms with Crippen LogP contribution in [0.3, 0.4) is 0 Å². The van der Waals surface area contributed by atoms with Crippen LogP contribution < -0.4 is 5.73 Å². The van der Waals surface area contributed by atoms with Crippen LogP contribution in [0.2, 0.25) is 0 Å². The SMILES string of the molecule is NC(c1ccccc1F)c1cccc(Br)c1F. The van der Waals surface area contributed by atoms with Crippen molar-refractivity contribution in [3.05, 3.63) is 69.7 Å². The largest absolute Gasteiger partial charge is 0.320 e. The Morgan fingerprint density at radius 2 is 1.59 bits per heavy atom. The summed E-state index contributed by atoms with van der Waals surface area (Å²) in [5.74, 6) is -0.886. The van der Waals surface area contributed by atoms with Crippen LogP contribution in [0.25, 0.3) is 0 Å². The molecule has 0 radical (unpaired) electrons. The quantitative estimate of drug-likeness (QED) is 0.897. The van der Waals surface area contributed by atoms with Gasteiger partial charge in [-0.05, 0) is 28.1 Å². The van der Waals surface area contributed by atoms with Crippen LogP contribution in [0.5, 0.6) is 0 Å². The Morgan fingerprint density at radius 1 is 0.941 bits per heavy atom. The molecule has 17 heavy (non-hydrogen) atoms. The molecule has 0 aliphatic rings. The molecule has 88 valence electrons. The molecule has 0 aromatic heterocycles. The predicted octanol–water partition coefficient (Wildman–Crippen LogP) is 3.78. The van der Waals surface area contributed by atoms with Crippen molar-refractivity contribution < 1.29 is 8.78 Å². The molecule has 0 aliphatic carbocycles. The zero-order valence-corrected chi connectivity index (χ0v) is 10.4. The molecule has 0 spiro atoms. The molecule has 1 nitrogen and oxygen atoms in total. The molecule has 0 saturated carbocycles. The molecule has 2 aromatic carbocycles. The summed E-state index contributed by atoms with van der Waals surface area (Å²) in [4.78, 5) is 0. The van der Waals surface area contributed by atoms with Gasteiger partial charge in [0.15, 0.2) is 0 Å². The second-order valence-corrected chi connectivity index (χ2v) is 4.50. The first-order valence-electron chi connectivity index (χ1n) is 5.05. The van der Waals surface area contributed by atoms with E-state index in [9.17, 15) is 8.78 Å². The fourth-order valence-electron chi connectivity index (χ4n) is 1.66. The van der Waals surface area contributed by atoms with Gasteiger partial charge in [-0.1, -0.05) is 30.3 Å². The van der Waals surface area contributed by atoms with Gasteiger partial charge >= 0.3 is 0 Å². The highest BCUT2D eigenvalue weighted by Crippen LogP contribution is 2.27. The van der Waals surface area contributed by atoms with Crippen molar-refractivity contribution in [2.75, 3.05) is 0 Å². The number of hydrogen-bond donors (Lipinski definition) is 1. The van der Waals surface area contributed by atoms with Crippen LogP contribution in [-0.2, 0) is 0 Å². The van der Waals surface area contributed by atoms with Gasteiger partial charge in [0.25, 0.3) is 0 Å². The Labute approximate surface area is 106 Å². The molecule has 0 aliphatic heterocycles. The number of hydrogen-bond acceptors (Lipinski definition) is 1. The zero-order chi connectivity index (χ0) is 12.4. The minimum Gasteiger partial charge on any atom is -0.320 e. The average molecular weight is 298 g/mol. The van der Waals surface area contributed by atoms with Crippen LogP contribution in [0, 0.1) is 11.6 Å². The molecule has 0 heterocycles. The van der Waals surface area contributed by atoms with Crippen molar-refractivity contribution in [3.63, 3.8) is 0 Å². The lowest BCUT2D eigenvalue weighted by atomic mass is 9.99. The van der Waals surface area contributed by atoms with E-state index in [1.165, 1.54) is 6.07 Å². The first kappa shape index (κ1) is 12.2. The molecule has 1 unspecified atom stereocenters. The predicted molar refractivity (Wildman–Crippen MR) is 66.5 cm³/mol. The third-order valence-corrected chi connectivity index (χ3v) is 3.17. The average Bonchev–Trinajstić information content (AvgIpc) is 2.32. The lowest BCUT2D eigenvalue weighted by Gasteiger charge is -2.14. The maximum atomic E-state index is 13.8. The van der Waals surface area contributed by atoms with Crippen molar-refractivity contribution >= 4 is 15.9 Å². The second-order valence-electron chi connectivity index (χ2n) is 3.64. The van der Waals surface area contributed by atoms with E-state index >= 15 is 0 Å². The van der Waals surface area contributed by atoms with Crippen molar-refractivity contribution in [2.24, 2.45) is 5.73 Å². The van der Waals surface area contributed by atoms with E-state index in [4.69, 9.17) is 5.73 Å². The number of rotatable bonds is 2. The van der Waals surface area contributed by atoms with Crippen LogP contribution in [-0.4, -0.2) is 0 Å². The number of halogens is 3. The lowest BCUT2D eigenvalue weighted by Crippen LogP contribution is -2.15. The van der Waals surface area contributed by atoms with Crippen LogP contribution in [0.15, 0.2) is 46.9 Å². The van der Waals surface area contributed by atoms with E-state index in [2.05, 4.69) is 15.9 Å². The summed E-state index contributed by atoms with van der Waals surface area (Å²) >= 11 is 3.08. The molecular weight excluding hydrogens is 288 g/mol. The van der Waals surface area contributed by atoms with Gasteiger partial charge in [-0.3, -0.25) is 0 Å². The summed E-state index contributed by atoms with van der Waals surface area (Å²) in [5, 5.41) is 0.